The molecule has 0 bridgehead atoms. The van der Waals surface area contributed by atoms with Gasteiger partial charge in [0.1, 0.15) is 18.1 Å². The molecule has 4 rings (SSSR count). The van der Waals surface area contributed by atoms with Crippen LogP contribution in [-0.2, 0) is 20.8 Å². The second-order valence-electron chi connectivity index (χ2n) is 12.8. The summed E-state index contributed by atoms with van der Waals surface area (Å²) in [6, 6.07) is 5.49. The number of nitrogens with zero attached hydrogens (tertiary/aromatic N) is 2. The molecule has 2 aromatic rings. The molecule has 1 aliphatic heterocycles. The molecular formula is C29H34F3N5O4. The minimum absolute atomic E-state index is 0.0757. The number of alkyl halides is 3. The van der Waals surface area contributed by atoms with Gasteiger partial charge in [-0.3, -0.25) is 19.2 Å². The van der Waals surface area contributed by atoms with E-state index in [1.54, 1.807) is 12.1 Å². The molecule has 2 heterocycles. The van der Waals surface area contributed by atoms with Gasteiger partial charge in [-0.05, 0) is 53.2 Å². The lowest BCUT2D eigenvalue weighted by atomic mass is 9.85. The molecule has 220 valence electrons. The van der Waals surface area contributed by atoms with Crippen LogP contribution in [0.25, 0.3) is 10.9 Å². The van der Waals surface area contributed by atoms with Gasteiger partial charge in [-0.2, -0.15) is 18.4 Å². The van der Waals surface area contributed by atoms with Crippen LogP contribution in [0, 0.1) is 40.9 Å². The summed E-state index contributed by atoms with van der Waals surface area (Å²) in [5, 5.41) is 15.1. The van der Waals surface area contributed by atoms with Gasteiger partial charge in [0.25, 0.3) is 5.56 Å². The lowest BCUT2D eigenvalue weighted by molar-refractivity contribution is -0.176. The summed E-state index contributed by atoms with van der Waals surface area (Å²) in [5.74, 6) is -4.03. The predicted molar refractivity (Wildman–Crippen MR) is 144 cm³/mol. The number of rotatable bonds is 6. The van der Waals surface area contributed by atoms with Crippen LogP contribution in [0.2, 0.25) is 0 Å². The first-order valence-corrected chi connectivity index (χ1v) is 13.4. The summed E-state index contributed by atoms with van der Waals surface area (Å²) in [6.45, 7) is 10.5. The number of aromatic nitrogens is 1. The van der Waals surface area contributed by atoms with Crippen molar-refractivity contribution in [1.29, 1.82) is 5.26 Å². The molecule has 5 atom stereocenters. The molecule has 0 spiro atoms. The van der Waals surface area contributed by atoms with E-state index >= 15 is 0 Å². The third-order valence-corrected chi connectivity index (χ3v) is 8.38. The summed E-state index contributed by atoms with van der Waals surface area (Å²) in [4.78, 5) is 55.7. The Balaban J connectivity index is 1.58. The molecule has 1 aromatic heterocycles. The van der Waals surface area contributed by atoms with Crippen LogP contribution < -0.4 is 16.2 Å². The summed E-state index contributed by atoms with van der Waals surface area (Å²) >= 11 is 0. The standard InChI is InChI=1S/C29H34F3N5O4/c1-14-7-8-19-15(9-14)10-16(23(38)35-19)11-17(12-33)34-24(39)21-20-18(28(20,5)6)13-37(21)25(40)22(27(2,3)4)36-26(41)29(30,31)32/h7-10,17-18,20-22H,11,13H2,1-6H3,(H,34,39)(H,35,38)(H,36,41)/t17-,18-,20+,21-,22+/m0/s1. The van der Waals surface area contributed by atoms with Crippen molar-refractivity contribution in [2.45, 2.75) is 72.3 Å². The number of aromatic amines is 1. The van der Waals surface area contributed by atoms with Crippen LogP contribution in [0.15, 0.2) is 29.1 Å². The maximum Gasteiger partial charge on any atom is 0.471 e. The Morgan fingerprint density at radius 1 is 1.17 bits per heavy atom. The number of amides is 3. The van der Waals surface area contributed by atoms with E-state index in [0.29, 0.717) is 11.1 Å². The van der Waals surface area contributed by atoms with Crippen molar-refractivity contribution < 1.29 is 27.6 Å². The average Bonchev–Trinajstić information content (AvgIpc) is 3.19. The summed E-state index contributed by atoms with van der Waals surface area (Å²) < 4.78 is 39.2. The molecule has 2 fully saturated rings. The Kier molecular flexibility index (Phi) is 7.48. The number of carbonyl (C=O) groups is 3. The van der Waals surface area contributed by atoms with Crippen LogP contribution in [0.5, 0.6) is 0 Å². The number of aryl methyl sites for hydroxylation is 1. The zero-order chi connectivity index (χ0) is 30.7. The lowest BCUT2D eigenvalue weighted by Gasteiger charge is -2.37. The fourth-order valence-electron chi connectivity index (χ4n) is 5.97. The zero-order valence-corrected chi connectivity index (χ0v) is 23.8. The van der Waals surface area contributed by atoms with Gasteiger partial charge in [-0.25, -0.2) is 0 Å². The van der Waals surface area contributed by atoms with Crippen molar-refractivity contribution in [3.63, 3.8) is 0 Å². The molecule has 0 radical (unpaired) electrons. The molecular weight excluding hydrogens is 539 g/mol. The highest BCUT2D eigenvalue weighted by Crippen LogP contribution is 2.65. The predicted octanol–water partition coefficient (Wildman–Crippen LogP) is 2.96. The molecule has 1 saturated heterocycles. The SMILES string of the molecule is Cc1ccc2[nH]c(=O)c(C[C@@H](C#N)NC(=O)[C@@H]3[C@H]4[C@H](CN3C(=O)[C@@H](NC(=O)C(F)(F)F)C(C)(C)C)C4(C)C)cc2c1. The van der Waals surface area contributed by atoms with Crippen molar-refractivity contribution in [3.8, 4) is 6.07 Å². The Hall–Kier alpha value is -3.88. The van der Waals surface area contributed by atoms with Crippen LogP contribution >= 0.6 is 0 Å². The van der Waals surface area contributed by atoms with Gasteiger partial charge in [-0.1, -0.05) is 46.2 Å². The molecule has 12 heteroatoms. The highest BCUT2D eigenvalue weighted by Gasteiger charge is 2.70. The second kappa shape index (κ2) is 10.2. The smallest absolute Gasteiger partial charge is 0.338 e. The van der Waals surface area contributed by atoms with E-state index in [-0.39, 0.29) is 30.2 Å². The number of piperidine rings is 1. The number of pyridine rings is 1. The second-order valence-corrected chi connectivity index (χ2v) is 12.8. The number of hydrogen-bond donors (Lipinski definition) is 3. The first-order valence-electron chi connectivity index (χ1n) is 13.4. The fraction of sp³-hybridized carbons (Fsp3) is 0.552. The van der Waals surface area contributed by atoms with Crippen molar-refractivity contribution in [2.75, 3.05) is 6.54 Å². The normalized spacial score (nSPS) is 22.8. The maximum absolute atomic E-state index is 13.6. The third kappa shape index (κ3) is 5.80. The quantitative estimate of drug-likeness (QED) is 0.489. The van der Waals surface area contributed by atoms with Gasteiger partial charge in [0.2, 0.25) is 11.8 Å². The minimum Gasteiger partial charge on any atom is -0.338 e. The molecule has 3 N–H and O–H groups in total. The molecule has 3 amide bonds. The van der Waals surface area contributed by atoms with E-state index < -0.39 is 53.0 Å². The number of nitrogens with one attached hydrogen (secondary N) is 3. The maximum atomic E-state index is 13.6. The first-order chi connectivity index (χ1) is 18.9. The van der Waals surface area contributed by atoms with E-state index in [9.17, 15) is 37.6 Å². The van der Waals surface area contributed by atoms with Crippen molar-refractivity contribution in [2.24, 2.45) is 22.7 Å². The number of H-pyrrole nitrogens is 1. The van der Waals surface area contributed by atoms with Gasteiger partial charge < -0.3 is 20.5 Å². The number of hydrogen-bond acceptors (Lipinski definition) is 5. The van der Waals surface area contributed by atoms with E-state index in [1.807, 2.05) is 44.3 Å². The Bertz CT molecular complexity index is 1500. The topological polar surface area (TPSA) is 135 Å². The molecule has 1 saturated carbocycles. The van der Waals surface area contributed by atoms with E-state index in [2.05, 4.69) is 10.3 Å². The summed E-state index contributed by atoms with van der Waals surface area (Å²) in [6.07, 6.45) is -5.28. The van der Waals surface area contributed by atoms with Crippen LogP contribution in [-0.4, -0.2) is 58.5 Å². The number of carbonyl (C=O) groups excluding carboxylic acids is 3. The third-order valence-electron chi connectivity index (χ3n) is 8.38. The highest BCUT2D eigenvalue weighted by atomic mass is 19.4. The van der Waals surface area contributed by atoms with Crippen LogP contribution in [0.4, 0.5) is 13.2 Å². The number of halogens is 3. The molecule has 1 aromatic carbocycles. The fourth-order valence-corrected chi connectivity index (χ4v) is 5.97. The van der Waals surface area contributed by atoms with Crippen LogP contribution in [0.1, 0.15) is 45.7 Å². The van der Waals surface area contributed by atoms with Gasteiger partial charge in [0.05, 0.1) is 6.07 Å². The summed E-state index contributed by atoms with van der Waals surface area (Å²) in [7, 11) is 0. The highest BCUT2D eigenvalue weighted by molar-refractivity contribution is 5.95. The van der Waals surface area contributed by atoms with Gasteiger partial charge in [0.15, 0.2) is 0 Å². The van der Waals surface area contributed by atoms with E-state index in [4.69, 9.17) is 0 Å². The largest absolute Gasteiger partial charge is 0.471 e. The molecule has 2 aliphatic rings. The lowest BCUT2D eigenvalue weighted by Crippen LogP contribution is -2.61. The van der Waals surface area contributed by atoms with Gasteiger partial charge >= 0.3 is 12.1 Å². The Labute approximate surface area is 235 Å². The van der Waals surface area contributed by atoms with Crippen LogP contribution in [0.3, 0.4) is 0 Å². The van der Waals surface area contributed by atoms with E-state index in [0.717, 1.165) is 10.9 Å². The van der Waals surface area contributed by atoms with Crippen molar-refractivity contribution in [1.82, 2.24) is 20.5 Å². The zero-order valence-electron chi connectivity index (χ0n) is 23.8. The molecule has 41 heavy (non-hydrogen) atoms. The van der Waals surface area contributed by atoms with E-state index in [1.165, 1.54) is 25.7 Å². The number of likely N-dealkylation sites (tertiary alicyclic amines) is 1. The van der Waals surface area contributed by atoms with Gasteiger partial charge in [-0.15, -0.1) is 0 Å². The van der Waals surface area contributed by atoms with Crippen molar-refractivity contribution in [3.05, 3.63) is 45.7 Å². The Morgan fingerprint density at radius 3 is 2.41 bits per heavy atom. The molecule has 9 nitrogen and oxygen atoms in total. The number of benzene rings is 1. The Morgan fingerprint density at radius 2 is 1.83 bits per heavy atom. The first kappa shape index (κ1) is 30.1. The number of nitriles is 1. The monoisotopic (exact) mass is 573 g/mol. The molecule has 1 aliphatic carbocycles. The van der Waals surface area contributed by atoms with Gasteiger partial charge in [0, 0.05) is 24.0 Å². The summed E-state index contributed by atoms with van der Waals surface area (Å²) in [5.41, 5.74) is 0.113. The number of fused-ring (bicyclic) bond motifs is 2. The molecule has 0 unspecified atom stereocenters. The minimum atomic E-state index is -5.19. The van der Waals surface area contributed by atoms with Crippen molar-refractivity contribution >= 4 is 28.6 Å². The average molecular weight is 574 g/mol.